The predicted octanol–water partition coefficient (Wildman–Crippen LogP) is 0.585. The molecule has 0 rings (SSSR count). The maximum absolute atomic E-state index is 8.90. The van der Waals surface area contributed by atoms with Gasteiger partial charge in [0.2, 0.25) is 0 Å². The first kappa shape index (κ1) is 11.3. The maximum atomic E-state index is 8.90. The molecule has 70 valence electrons. The molecule has 0 heterocycles. The number of hydrogen-bond donors (Lipinski definition) is 2. The Morgan fingerprint density at radius 1 is 0.917 bits per heavy atom. The van der Waals surface area contributed by atoms with Crippen molar-refractivity contribution in [3.63, 3.8) is 0 Å². The molecule has 0 aromatic carbocycles. The number of aliphatic hydroxyl groups is 2. The second-order valence-electron chi connectivity index (χ2n) is 2.69. The summed E-state index contributed by atoms with van der Waals surface area (Å²) >= 11 is 0. The van der Waals surface area contributed by atoms with Crippen LogP contribution >= 0.6 is 0 Å². The predicted molar refractivity (Wildman–Crippen MR) is 49.6 cm³/mol. The van der Waals surface area contributed by atoms with Gasteiger partial charge in [-0.1, -0.05) is 0 Å². The third-order valence-corrected chi connectivity index (χ3v) is 1.28. The highest BCUT2D eigenvalue weighted by Gasteiger charge is 1.99. The Morgan fingerprint density at radius 3 is 1.33 bits per heavy atom. The van der Waals surface area contributed by atoms with Crippen molar-refractivity contribution in [1.82, 2.24) is 0 Å². The van der Waals surface area contributed by atoms with Gasteiger partial charge >= 0.3 is 0 Å². The molecule has 2 unspecified atom stereocenters. The topological polar surface area (TPSA) is 65.2 Å². The molecule has 0 fully saturated rings. The molecule has 0 spiro atoms. The lowest BCUT2D eigenvalue weighted by Gasteiger charge is -2.03. The summed E-state index contributed by atoms with van der Waals surface area (Å²) < 4.78 is 0. The molecule has 0 amide bonds. The van der Waals surface area contributed by atoms with Crippen molar-refractivity contribution < 1.29 is 10.2 Å². The van der Waals surface area contributed by atoms with E-state index in [1.807, 2.05) is 0 Å². The van der Waals surface area contributed by atoms with Gasteiger partial charge in [-0.2, -0.15) is 0 Å². The molecule has 0 aromatic heterocycles. The summed E-state index contributed by atoms with van der Waals surface area (Å²) in [5.74, 6) is 0. The van der Waals surface area contributed by atoms with E-state index < -0.39 is 12.5 Å². The van der Waals surface area contributed by atoms with Crippen LogP contribution in [0, 0.1) is 0 Å². The summed E-state index contributed by atoms with van der Waals surface area (Å²) in [5, 5.41) is 17.8. The molecular formula is C8H16N2O2. The maximum Gasteiger partial charge on any atom is 0.142 e. The molecule has 0 aliphatic carbocycles. The Hall–Kier alpha value is -0.740. The molecule has 0 saturated carbocycles. The van der Waals surface area contributed by atoms with Crippen molar-refractivity contribution in [2.24, 2.45) is 9.98 Å². The minimum Gasteiger partial charge on any atom is -0.372 e. The Morgan fingerprint density at radius 2 is 1.17 bits per heavy atom. The fourth-order valence-electron chi connectivity index (χ4n) is 0.747. The molecule has 12 heavy (non-hydrogen) atoms. The number of rotatable bonds is 3. The lowest BCUT2D eigenvalue weighted by molar-refractivity contribution is 0.203. The van der Waals surface area contributed by atoms with Crippen molar-refractivity contribution >= 4 is 11.4 Å². The fourth-order valence-corrected chi connectivity index (χ4v) is 0.747. The lowest BCUT2D eigenvalue weighted by Crippen LogP contribution is -2.12. The number of hydrogen-bond acceptors (Lipinski definition) is 4. The second-order valence-corrected chi connectivity index (χ2v) is 2.69. The number of nitrogens with zero attached hydrogens (tertiary/aromatic N) is 2. The normalized spacial score (nSPS) is 19.2. The van der Waals surface area contributed by atoms with Gasteiger partial charge in [-0.05, 0) is 27.7 Å². The monoisotopic (exact) mass is 172 g/mol. The first-order chi connectivity index (χ1) is 5.43. The summed E-state index contributed by atoms with van der Waals surface area (Å²) in [6.45, 7) is 6.63. The van der Waals surface area contributed by atoms with Crippen LogP contribution in [0.2, 0.25) is 0 Å². The quantitative estimate of drug-likeness (QED) is 0.612. The number of aliphatic imine (C=N–C) groups is 2. The summed E-state index contributed by atoms with van der Waals surface area (Å²) in [7, 11) is 0. The van der Waals surface area contributed by atoms with Gasteiger partial charge in [-0.25, -0.2) is 0 Å². The second kappa shape index (κ2) is 5.00. The van der Waals surface area contributed by atoms with Gasteiger partial charge in [0.1, 0.15) is 12.5 Å². The van der Waals surface area contributed by atoms with Gasteiger partial charge in [0.05, 0.1) is 11.4 Å². The first-order valence-corrected chi connectivity index (χ1v) is 3.88. The van der Waals surface area contributed by atoms with Gasteiger partial charge in [0, 0.05) is 0 Å². The molecule has 4 nitrogen and oxygen atoms in total. The highest BCUT2D eigenvalue weighted by Crippen LogP contribution is 1.92. The van der Waals surface area contributed by atoms with Gasteiger partial charge in [-0.3, -0.25) is 9.98 Å². The zero-order valence-corrected chi connectivity index (χ0v) is 7.94. The van der Waals surface area contributed by atoms with Crippen molar-refractivity contribution in [3.8, 4) is 0 Å². The van der Waals surface area contributed by atoms with Crippen LogP contribution in [-0.2, 0) is 0 Å². The summed E-state index contributed by atoms with van der Waals surface area (Å²) in [6, 6.07) is 0. The molecule has 0 radical (unpaired) electrons. The highest BCUT2D eigenvalue weighted by molar-refractivity contribution is 6.40. The van der Waals surface area contributed by atoms with Crippen molar-refractivity contribution in [3.05, 3.63) is 0 Å². The van der Waals surface area contributed by atoms with E-state index in [1.165, 1.54) is 0 Å². The zero-order chi connectivity index (χ0) is 9.72. The standard InChI is InChI=1S/C8H16N2O2/c1-5(9-7(3)11)6(2)10-8(4)12/h7-8,11-12H,1-4H3/b9-5+,10-6+. The van der Waals surface area contributed by atoms with E-state index in [0.717, 1.165) is 0 Å². The smallest absolute Gasteiger partial charge is 0.142 e. The Bertz CT molecular complexity index is 173. The van der Waals surface area contributed by atoms with E-state index >= 15 is 0 Å². The van der Waals surface area contributed by atoms with Crippen LogP contribution in [0.5, 0.6) is 0 Å². The van der Waals surface area contributed by atoms with E-state index in [0.29, 0.717) is 11.4 Å². The van der Waals surface area contributed by atoms with E-state index in [1.54, 1.807) is 27.7 Å². The molecule has 0 saturated heterocycles. The van der Waals surface area contributed by atoms with E-state index in [9.17, 15) is 0 Å². The Kier molecular flexibility index (Phi) is 4.70. The average Bonchev–Trinajstić information content (AvgIpc) is 1.84. The average molecular weight is 172 g/mol. The van der Waals surface area contributed by atoms with Crippen molar-refractivity contribution in [2.75, 3.05) is 0 Å². The van der Waals surface area contributed by atoms with Crippen molar-refractivity contribution in [2.45, 2.75) is 40.2 Å². The van der Waals surface area contributed by atoms with Crippen LogP contribution in [0.15, 0.2) is 9.98 Å². The van der Waals surface area contributed by atoms with Gasteiger partial charge in [-0.15, -0.1) is 0 Å². The Labute approximate surface area is 72.7 Å². The molecule has 0 bridgehead atoms. The highest BCUT2D eigenvalue weighted by atomic mass is 16.3. The van der Waals surface area contributed by atoms with Gasteiger partial charge in [0.25, 0.3) is 0 Å². The first-order valence-electron chi connectivity index (χ1n) is 3.88. The van der Waals surface area contributed by atoms with Crippen LogP contribution in [0.4, 0.5) is 0 Å². The SMILES string of the molecule is CC(=N\C(C)O)/C(C)=N/C(C)O. The number of aliphatic hydroxyl groups excluding tert-OH is 2. The third kappa shape index (κ3) is 4.98. The largest absolute Gasteiger partial charge is 0.372 e. The molecule has 2 N–H and O–H groups in total. The summed E-state index contributed by atoms with van der Waals surface area (Å²) in [4.78, 5) is 7.72. The van der Waals surface area contributed by atoms with Gasteiger partial charge < -0.3 is 10.2 Å². The van der Waals surface area contributed by atoms with Crippen LogP contribution in [0.3, 0.4) is 0 Å². The molecule has 0 aliphatic rings. The van der Waals surface area contributed by atoms with E-state index in [2.05, 4.69) is 9.98 Å². The molecule has 0 aromatic rings. The van der Waals surface area contributed by atoms with E-state index in [-0.39, 0.29) is 0 Å². The summed E-state index contributed by atoms with van der Waals surface area (Å²) in [5.41, 5.74) is 1.29. The minimum atomic E-state index is -0.718. The molecule has 2 atom stereocenters. The molecule has 4 heteroatoms. The summed E-state index contributed by atoms with van der Waals surface area (Å²) in [6.07, 6.45) is -1.44. The third-order valence-electron chi connectivity index (χ3n) is 1.28. The van der Waals surface area contributed by atoms with Crippen LogP contribution in [0.1, 0.15) is 27.7 Å². The molecular weight excluding hydrogens is 156 g/mol. The molecule has 0 aliphatic heterocycles. The minimum absolute atomic E-state index is 0.644. The lowest BCUT2D eigenvalue weighted by atomic mass is 10.3. The van der Waals surface area contributed by atoms with E-state index in [4.69, 9.17) is 10.2 Å². The van der Waals surface area contributed by atoms with Crippen molar-refractivity contribution in [1.29, 1.82) is 0 Å². The Balaban J connectivity index is 4.38. The fraction of sp³-hybridized carbons (Fsp3) is 0.750. The van der Waals surface area contributed by atoms with Gasteiger partial charge in [0.15, 0.2) is 0 Å². The zero-order valence-electron chi connectivity index (χ0n) is 7.94. The van der Waals surface area contributed by atoms with Crippen LogP contribution in [-0.4, -0.2) is 34.1 Å². The van der Waals surface area contributed by atoms with Crippen LogP contribution in [0.25, 0.3) is 0 Å². The van der Waals surface area contributed by atoms with Crippen LogP contribution < -0.4 is 0 Å².